The Kier molecular flexibility index (Phi) is 11.8. The number of halogens is 1. The number of hydrogen-bond donors (Lipinski definition) is 1. The highest BCUT2D eigenvalue weighted by atomic mass is 35.5. The minimum atomic E-state index is -4.26. The van der Waals surface area contributed by atoms with E-state index in [9.17, 15) is 18.0 Å². The second kappa shape index (κ2) is 15.8. The first kappa shape index (κ1) is 34.5. The first-order chi connectivity index (χ1) is 22.0. The molecule has 0 aliphatic heterocycles. The van der Waals surface area contributed by atoms with Crippen molar-refractivity contribution in [3.8, 4) is 5.75 Å². The molecule has 4 rings (SSSR count). The van der Waals surface area contributed by atoms with Crippen molar-refractivity contribution in [2.24, 2.45) is 0 Å². The van der Waals surface area contributed by atoms with Crippen molar-refractivity contribution in [1.29, 1.82) is 0 Å². The highest BCUT2D eigenvalue weighted by Gasteiger charge is 2.35. The molecule has 0 aliphatic carbocycles. The van der Waals surface area contributed by atoms with Gasteiger partial charge in [-0.05, 0) is 79.4 Å². The van der Waals surface area contributed by atoms with E-state index in [1.165, 1.54) is 30.2 Å². The Balaban J connectivity index is 1.82. The van der Waals surface area contributed by atoms with Gasteiger partial charge in [0, 0.05) is 24.0 Å². The van der Waals surface area contributed by atoms with Crippen molar-refractivity contribution >= 4 is 39.1 Å². The van der Waals surface area contributed by atoms with Crippen LogP contribution in [0.2, 0.25) is 5.02 Å². The molecule has 0 unspecified atom stereocenters. The molecule has 0 heterocycles. The molecule has 0 aliphatic rings. The van der Waals surface area contributed by atoms with Crippen LogP contribution in [0.3, 0.4) is 0 Å². The Hall–Kier alpha value is -4.34. The van der Waals surface area contributed by atoms with Crippen LogP contribution in [0.25, 0.3) is 0 Å². The van der Waals surface area contributed by atoms with Gasteiger partial charge in [-0.15, -0.1) is 0 Å². The maximum Gasteiger partial charge on any atom is 0.264 e. The summed E-state index contributed by atoms with van der Waals surface area (Å²) in [6.07, 6.45) is 0.946. The van der Waals surface area contributed by atoms with Crippen LogP contribution in [0, 0.1) is 6.92 Å². The minimum Gasteiger partial charge on any atom is -0.497 e. The van der Waals surface area contributed by atoms with Gasteiger partial charge in [-0.25, -0.2) is 8.42 Å². The third-order valence-corrected chi connectivity index (χ3v) is 9.92. The Morgan fingerprint density at radius 2 is 1.59 bits per heavy atom. The second-order valence-electron chi connectivity index (χ2n) is 11.1. The molecule has 0 radical (unpaired) electrons. The van der Waals surface area contributed by atoms with Gasteiger partial charge in [-0.1, -0.05) is 79.2 Å². The number of benzene rings is 4. The number of nitrogens with one attached hydrogen (secondary N) is 1. The lowest BCUT2D eigenvalue weighted by atomic mass is 10.0. The predicted octanol–water partition coefficient (Wildman–Crippen LogP) is 6.41. The van der Waals surface area contributed by atoms with E-state index < -0.39 is 28.5 Å². The highest BCUT2D eigenvalue weighted by molar-refractivity contribution is 7.92. The lowest BCUT2D eigenvalue weighted by Gasteiger charge is -2.34. The van der Waals surface area contributed by atoms with Gasteiger partial charge in [0.05, 0.1) is 17.7 Å². The van der Waals surface area contributed by atoms with E-state index in [-0.39, 0.29) is 35.5 Å². The Morgan fingerprint density at radius 3 is 2.22 bits per heavy atom. The van der Waals surface area contributed by atoms with Crippen molar-refractivity contribution in [2.45, 2.75) is 57.1 Å². The molecule has 4 aromatic rings. The van der Waals surface area contributed by atoms with Gasteiger partial charge in [-0.2, -0.15) is 0 Å². The van der Waals surface area contributed by atoms with Gasteiger partial charge in [0.25, 0.3) is 10.0 Å². The van der Waals surface area contributed by atoms with Crippen LogP contribution in [-0.2, 0) is 32.6 Å². The third kappa shape index (κ3) is 8.68. The summed E-state index contributed by atoms with van der Waals surface area (Å²) >= 11 is 6.31. The summed E-state index contributed by atoms with van der Waals surface area (Å²) in [5.41, 5.74) is 2.87. The minimum absolute atomic E-state index is 0.0260. The first-order valence-corrected chi connectivity index (χ1v) is 17.0. The zero-order valence-corrected chi connectivity index (χ0v) is 28.1. The van der Waals surface area contributed by atoms with Gasteiger partial charge in [0.2, 0.25) is 11.8 Å². The predicted molar refractivity (Wildman–Crippen MR) is 183 cm³/mol. The first-order valence-electron chi connectivity index (χ1n) is 15.1. The van der Waals surface area contributed by atoms with Crippen LogP contribution in [0.5, 0.6) is 5.75 Å². The van der Waals surface area contributed by atoms with Crippen molar-refractivity contribution < 1.29 is 22.7 Å². The number of anilines is 1. The highest BCUT2D eigenvalue weighted by Crippen LogP contribution is 2.28. The molecule has 2 atom stereocenters. The number of carbonyl (C=O) groups is 2. The van der Waals surface area contributed by atoms with Gasteiger partial charge in [0.1, 0.15) is 18.3 Å². The van der Waals surface area contributed by atoms with Gasteiger partial charge < -0.3 is 15.0 Å². The largest absolute Gasteiger partial charge is 0.497 e. The quantitative estimate of drug-likeness (QED) is 0.169. The SMILES string of the molecule is CC[C@H](C)NC(=O)[C@@H](Cc1ccccc1)N(Cc1ccccc1C)C(=O)CN(c1cccc(Cl)c1)S(=O)(=O)c1ccc(OC)cc1. The standard InChI is InChI=1S/C36H40ClN3O5S/c1-5-27(3)38-36(42)34(22-28-13-7-6-8-14-28)39(24-29-15-10-9-12-26(29)2)35(41)25-40(31-17-11-16-30(37)23-31)46(43,44)33-20-18-32(45-4)19-21-33/h6-21,23,27,34H,5,22,24-25H2,1-4H3,(H,38,42)/t27-,34+/m0/s1. The van der Waals surface area contributed by atoms with E-state index in [1.54, 1.807) is 30.3 Å². The zero-order valence-electron chi connectivity index (χ0n) is 26.5. The van der Waals surface area contributed by atoms with Crippen LogP contribution in [0.4, 0.5) is 5.69 Å². The van der Waals surface area contributed by atoms with Crippen molar-refractivity contribution in [2.75, 3.05) is 18.0 Å². The molecule has 242 valence electrons. The number of rotatable bonds is 14. The average Bonchev–Trinajstić information content (AvgIpc) is 3.06. The molecule has 4 aromatic carbocycles. The fourth-order valence-electron chi connectivity index (χ4n) is 5.00. The smallest absolute Gasteiger partial charge is 0.264 e. The summed E-state index contributed by atoms with van der Waals surface area (Å²) in [6, 6.07) is 28.4. The molecule has 46 heavy (non-hydrogen) atoms. The third-order valence-electron chi connectivity index (χ3n) is 7.90. The summed E-state index contributed by atoms with van der Waals surface area (Å²) in [6.45, 7) is 5.36. The van der Waals surface area contributed by atoms with Crippen molar-refractivity contribution in [1.82, 2.24) is 10.2 Å². The van der Waals surface area contributed by atoms with E-state index >= 15 is 0 Å². The lowest BCUT2D eigenvalue weighted by molar-refractivity contribution is -0.140. The topological polar surface area (TPSA) is 96.0 Å². The number of amides is 2. The number of methoxy groups -OCH3 is 1. The van der Waals surface area contributed by atoms with Crippen LogP contribution < -0.4 is 14.4 Å². The number of aryl methyl sites for hydroxylation is 1. The second-order valence-corrected chi connectivity index (χ2v) is 13.4. The fourth-order valence-corrected chi connectivity index (χ4v) is 6.59. The Bertz CT molecular complexity index is 1730. The fraction of sp³-hybridized carbons (Fsp3) is 0.278. The Morgan fingerprint density at radius 1 is 0.913 bits per heavy atom. The molecule has 8 nitrogen and oxygen atoms in total. The lowest BCUT2D eigenvalue weighted by Crippen LogP contribution is -2.54. The molecular weight excluding hydrogens is 622 g/mol. The molecule has 0 saturated heterocycles. The number of carbonyl (C=O) groups excluding carboxylic acids is 2. The molecule has 1 N–H and O–H groups in total. The van der Waals surface area contributed by atoms with E-state index in [0.29, 0.717) is 17.2 Å². The molecular formula is C36H40ClN3O5S. The van der Waals surface area contributed by atoms with Crippen LogP contribution in [0.1, 0.15) is 37.0 Å². The van der Waals surface area contributed by atoms with Crippen LogP contribution in [-0.4, -0.2) is 50.9 Å². The summed E-state index contributed by atoms with van der Waals surface area (Å²) in [5.74, 6) is -0.363. The number of hydrogen-bond acceptors (Lipinski definition) is 5. The van der Waals surface area contributed by atoms with Crippen LogP contribution >= 0.6 is 11.6 Å². The zero-order chi connectivity index (χ0) is 33.3. The van der Waals surface area contributed by atoms with E-state index in [1.807, 2.05) is 75.4 Å². The number of sulfonamides is 1. The molecule has 0 aromatic heterocycles. The van der Waals surface area contributed by atoms with Crippen molar-refractivity contribution in [3.05, 3.63) is 125 Å². The van der Waals surface area contributed by atoms with Gasteiger partial charge in [0.15, 0.2) is 0 Å². The molecule has 0 fully saturated rings. The summed E-state index contributed by atoms with van der Waals surface area (Å²) in [7, 11) is -2.77. The normalized spacial score (nSPS) is 12.5. The Labute approximate surface area is 277 Å². The number of nitrogens with zero attached hydrogens (tertiary/aromatic N) is 2. The molecule has 0 bridgehead atoms. The van der Waals surface area contributed by atoms with E-state index in [0.717, 1.165) is 21.0 Å². The van der Waals surface area contributed by atoms with Gasteiger partial charge in [-0.3, -0.25) is 13.9 Å². The molecule has 0 saturated carbocycles. The summed E-state index contributed by atoms with van der Waals surface area (Å²) in [4.78, 5) is 30.0. The van der Waals surface area contributed by atoms with E-state index in [2.05, 4.69) is 5.32 Å². The molecule has 2 amide bonds. The summed E-state index contributed by atoms with van der Waals surface area (Å²) in [5, 5.41) is 3.36. The number of ether oxygens (including phenoxy) is 1. The molecule has 0 spiro atoms. The molecule has 10 heteroatoms. The monoisotopic (exact) mass is 661 g/mol. The van der Waals surface area contributed by atoms with Crippen LogP contribution in [0.15, 0.2) is 108 Å². The maximum absolute atomic E-state index is 14.6. The average molecular weight is 662 g/mol. The maximum atomic E-state index is 14.6. The van der Waals surface area contributed by atoms with E-state index in [4.69, 9.17) is 16.3 Å². The summed E-state index contributed by atoms with van der Waals surface area (Å²) < 4.78 is 34.6. The van der Waals surface area contributed by atoms with Gasteiger partial charge >= 0.3 is 0 Å². The van der Waals surface area contributed by atoms with Crippen molar-refractivity contribution in [3.63, 3.8) is 0 Å².